The Morgan fingerprint density at radius 1 is 1.23 bits per heavy atom. The zero-order chi connectivity index (χ0) is 9.10. The van der Waals surface area contributed by atoms with Crippen LogP contribution in [-0.4, -0.2) is 13.1 Å². The number of hydrogen-bond donors (Lipinski definition) is 1. The maximum Gasteiger partial charge on any atom is 0.178 e. The lowest BCUT2D eigenvalue weighted by atomic mass is 9.90. The predicted molar refractivity (Wildman–Crippen MR) is 51.4 cm³/mol. The first-order valence-corrected chi connectivity index (χ1v) is 4.84. The van der Waals surface area contributed by atoms with Gasteiger partial charge in [0.05, 0.1) is 0 Å². The number of benzene rings is 1. The fraction of sp³-hybridized carbons (Fsp3) is 0.455. The van der Waals surface area contributed by atoms with Crippen LogP contribution >= 0.6 is 0 Å². The zero-order valence-corrected chi connectivity index (χ0v) is 7.62. The molecule has 1 fully saturated rings. The highest BCUT2D eigenvalue weighted by Gasteiger charge is 2.14. The Morgan fingerprint density at radius 2 is 2.00 bits per heavy atom. The van der Waals surface area contributed by atoms with Gasteiger partial charge in [-0.3, -0.25) is 5.11 Å². The molecule has 1 aromatic carbocycles. The number of hydrogen-bond acceptors (Lipinski definition) is 1. The molecule has 0 bridgehead atoms. The van der Waals surface area contributed by atoms with Crippen molar-refractivity contribution in [3.8, 4) is 5.75 Å². The first-order chi connectivity index (χ1) is 6.36. The van der Waals surface area contributed by atoms with Crippen molar-refractivity contribution in [3.63, 3.8) is 0 Å². The highest BCUT2D eigenvalue weighted by Crippen LogP contribution is 2.27. The third kappa shape index (κ3) is 2.01. The van der Waals surface area contributed by atoms with Gasteiger partial charge in [-0.2, -0.15) is 0 Å². The molecule has 69 valence electrons. The molecule has 1 heterocycles. The second-order valence-electron chi connectivity index (χ2n) is 3.60. The Kier molecular flexibility index (Phi) is 2.50. The van der Waals surface area contributed by atoms with Crippen LogP contribution in [0.5, 0.6) is 5.75 Å². The average molecular weight is 176 g/mol. The molecule has 0 saturated carbocycles. The summed E-state index contributed by atoms with van der Waals surface area (Å²) in [5.74, 6) is 0.728. The molecule has 0 aromatic heterocycles. The standard InChI is InChI=1S/C11H14NO/c13-11-3-1-2-10(8-11)9-4-6-12-7-5-9/h1-3,8-9,12H,4-7H2. The maximum absolute atomic E-state index is 11.1. The minimum atomic E-state index is 0.135. The van der Waals surface area contributed by atoms with Crippen molar-refractivity contribution in [3.05, 3.63) is 29.8 Å². The monoisotopic (exact) mass is 176 g/mol. The van der Waals surface area contributed by atoms with E-state index in [1.54, 1.807) is 12.1 Å². The number of rotatable bonds is 1. The van der Waals surface area contributed by atoms with Gasteiger partial charge in [-0.1, -0.05) is 12.1 Å². The fourth-order valence-corrected chi connectivity index (χ4v) is 1.92. The maximum atomic E-state index is 11.1. The van der Waals surface area contributed by atoms with Gasteiger partial charge in [0.15, 0.2) is 5.75 Å². The molecular weight excluding hydrogens is 162 g/mol. The first-order valence-electron chi connectivity index (χ1n) is 4.84. The molecule has 1 aromatic rings. The Morgan fingerprint density at radius 3 is 2.69 bits per heavy atom. The quantitative estimate of drug-likeness (QED) is 0.699. The van der Waals surface area contributed by atoms with E-state index in [0.29, 0.717) is 5.92 Å². The van der Waals surface area contributed by atoms with E-state index in [1.165, 1.54) is 5.56 Å². The fourth-order valence-electron chi connectivity index (χ4n) is 1.92. The van der Waals surface area contributed by atoms with Crippen LogP contribution in [-0.2, 0) is 5.11 Å². The summed E-state index contributed by atoms with van der Waals surface area (Å²) in [6, 6.07) is 7.32. The highest BCUT2D eigenvalue weighted by atomic mass is 16.3. The van der Waals surface area contributed by atoms with Gasteiger partial charge in [-0.05, 0) is 49.5 Å². The first kappa shape index (κ1) is 8.57. The van der Waals surface area contributed by atoms with Crippen LogP contribution in [0.25, 0.3) is 0 Å². The van der Waals surface area contributed by atoms with Crippen LogP contribution in [0.1, 0.15) is 24.3 Å². The van der Waals surface area contributed by atoms with Crippen molar-refractivity contribution in [1.82, 2.24) is 5.32 Å². The SMILES string of the molecule is [O]c1cccc(C2CCNCC2)c1. The molecule has 0 spiro atoms. The van der Waals surface area contributed by atoms with Crippen molar-refractivity contribution in [1.29, 1.82) is 0 Å². The molecule has 1 aliphatic rings. The van der Waals surface area contributed by atoms with Crippen molar-refractivity contribution in [2.24, 2.45) is 0 Å². The Hall–Kier alpha value is -1.02. The highest BCUT2D eigenvalue weighted by molar-refractivity contribution is 5.29. The topological polar surface area (TPSA) is 31.9 Å². The molecule has 0 atom stereocenters. The van der Waals surface area contributed by atoms with E-state index in [0.717, 1.165) is 25.9 Å². The minimum Gasteiger partial charge on any atom is -0.317 e. The van der Waals surface area contributed by atoms with Crippen molar-refractivity contribution >= 4 is 0 Å². The van der Waals surface area contributed by atoms with Crippen molar-refractivity contribution in [2.75, 3.05) is 13.1 Å². The molecular formula is C11H14NO. The van der Waals surface area contributed by atoms with Crippen LogP contribution in [0.4, 0.5) is 0 Å². The normalized spacial score (nSPS) is 18.8. The van der Waals surface area contributed by atoms with Gasteiger partial charge in [0, 0.05) is 0 Å². The van der Waals surface area contributed by atoms with Gasteiger partial charge in [-0.15, -0.1) is 0 Å². The molecule has 1 radical (unpaired) electrons. The number of piperidine rings is 1. The molecule has 2 nitrogen and oxygen atoms in total. The lowest BCUT2D eigenvalue weighted by molar-refractivity contribution is 0.353. The van der Waals surface area contributed by atoms with Crippen LogP contribution in [0.3, 0.4) is 0 Å². The third-order valence-corrected chi connectivity index (χ3v) is 2.67. The summed E-state index contributed by atoms with van der Waals surface area (Å²) in [6.45, 7) is 2.15. The summed E-state index contributed by atoms with van der Waals surface area (Å²) in [5, 5.41) is 14.4. The van der Waals surface area contributed by atoms with Gasteiger partial charge in [-0.25, -0.2) is 0 Å². The summed E-state index contributed by atoms with van der Waals surface area (Å²) in [5.41, 5.74) is 1.22. The molecule has 1 aliphatic heterocycles. The number of nitrogens with one attached hydrogen (secondary N) is 1. The van der Waals surface area contributed by atoms with Gasteiger partial charge in [0.1, 0.15) is 0 Å². The summed E-state index contributed by atoms with van der Waals surface area (Å²) < 4.78 is 0. The molecule has 0 unspecified atom stereocenters. The summed E-state index contributed by atoms with van der Waals surface area (Å²) in [4.78, 5) is 0. The molecule has 1 N–H and O–H groups in total. The van der Waals surface area contributed by atoms with Gasteiger partial charge < -0.3 is 5.32 Å². The van der Waals surface area contributed by atoms with Crippen LogP contribution in [0.2, 0.25) is 0 Å². The second kappa shape index (κ2) is 3.79. The molecule has 2 heteroatoms. The van der Waals surface area contributed by atoms with E-state index >= 15 is 0 Å². The molecule has 2 rings (SSSR count). The lowest BCUT2D eigenvalue weighted by Crippen LogP contribution is -2.26. The van der Waals surface area contributed by atoms with E-state index < -0.39 is 0 Å². The van der Waals surface area contributed by atoms with Gasteiger partial charge >= 0.3 is 0 Å². The van der Waals surface area contributed by atoms with Gasteiger partial charge in [0.2, 0.25) is 0 Å². The Bertz CT molecular complexity index is 279. The Balaban J connectivity index is 2.14. The van der Waals surface area contributed by atoms with Crippen LogP contribution in [0.15, 0.2) is 24.3 Å². The second-order valence-corrected chi connectivity index (χ2v) is 3.60. The average Bonchev–Trinajstić information content (AvgIpc) is 2.19. The van der Waals surface area contributed by atoms with Gasteiger partial charge in [0.25, 0.3) is 0 Å². The smallest absolute Gasteiger partial charge is 0.178 e. The van der Waals surface area contributed by atoms with E-state index in [4.69, 9.17) is 0 Å². The Labute approximate surface area is 78.6 Å². The third-order valence-electron chi connectivity index (χ3n) is 2.67. The zero-order valence-electron chi connectivity index (χ0n) is 7.62. The van der Waals surface area contributed by atoms with Crippen LogP contribution < -0.4 is 5.32 Å². The van der Waals surface area contributed by atoms with E-state index in [2.05, 4.69) is 11.4 Å². The van der Waals surface area contributed by atoms with Crippen molar-refractivity contribution < 1.29 is 5.11 Å². The largest absolute Gasteiger partial charge is 0.317 e. The van der Waals surface area contributed by atoms with Crippen LogP contribution in [0, 0.1) is 0 Å². The van der Waals surface area contributed by atoms with Crippen molar-refractivity contribution in [2.45, 2.75) is 18.8 Å². The lowest BCUT2D eigenvalue weighted by Gasteiger charge is -2.22. The minimum absolute atomic E-state index is 0.135. The summed E-state index contributed by atoms with van der Waals surface area (Å²) in [6.07, 6.45) is 2.31. The molecule has 13 heavy (non-hydrogen) atoms. The van der Waals surface area contributed by atoms with E-state index in [-0.39, 0.29) is 5.75 Å². The van der Waals surface area contributed by atoms with E-state index in [1.807, 2.05) is 6.07 Å². The molecule has 1 saturated heterocycles. The summed E-state index contributed by atoms with van der Waals surface area (Å²) in [7, 11) is 0. The predicted octanol–water partition coefficient (Wildman–Crippen LogP) is 2.30. The summed E-state index contributed by atoms with van der Waals surface area (Å²) >= 11 is 0. The molecule has 0 aliphatic carbocycles. The molecule has 0 amide bonds. The van der Waals surface area contributed by atoms with E-state index in [9.17, 15) is 5.11 Å².